The lowest BCUT2D eigenvalue weighted by Gasteiger charge is -2.05. The maximum Gasteiger partial charge on any atom is 0.0430 e. The molecule has 0 amide bonds. The molecule has 0 aromatic heterocycles. The van der Waals surface area contributed by atoms with Gasteiger partial charge in [0, 0.05) is 6.61 Å². The van der Waals surface area contributed by atoms with E-state index in [0.717, 1.165) is 12.8 Å². The van der Waals surface area contributed by atoms with Gasteiger partial charge in [-0.25, -0.2) is 0 Å². The fourth-order valence-corrected chi connectivity index (χ4v) is 2.81. The van der Waals surface area contributed by atoms with Gasteiger partial charge in [0.1, 0.15) is 0 Å². The zero-order valence-electron chi connectivity index (χ0n) is 14.3. The Kier molecular flexibility index (Phi) is 15.6. The summed E-state index contributed by atoms with van der Waals surface area (Å²) in [7, 11) is 0. The van der Waals surface area contributed by atoms with E-state index in [1.807, 2.05) is 18.2 Å². The highest BCUT2D eigenvalue weighted by molar-refractivity contribution is 7.99. The third kappa shape index (κ3) is 12.7. The molecule has 1 nitrogen and oxygen atoms in total. The monoisotopic (exact) mass is 320 g/mol. The first-order valence-corrected chi connectivity index (χ1v) is 9.45. The van der Waals surface area contributed by atoms with E-state index in [1.54, 1.807) is 6.08 Å². The molecule has 1 saturated heterocycles. The van der Waals surface area contributed by atoms with Crippen LogP contribution in [0.4, 0.5) is 0 Å². The van der Waals surface area contributed by atoms with Gasteiger partial charge in [-0.05, 0) is 48.8 Å². The van der Waals surface area contributed by atoms with Gasteiger partial charge in [-0.1, -0.05) is 68.8 Å². The molecule has 2 heteroatoms. The first-order valence-electron chi connectivity index (χ1n) is 8.29. The molecular formula is C20H32OS. The predicted molar refractivity (Wildman–Crippen MR) is 104 cm³/mol. The third-order valence-corrected chi connectivity index (χ3v) is 4.34. The van der Waals surface area contributed by atoms with Crippen LogP contribution in [0.25, 0.3) is 6.08 Å². The molecule has 0 bridgehead atoms. The molecule has 1 aromatic carbocycles. The quantitative estimate of drug-likeness (QED) is 0.699. The molecule has 1 aromatic rings. The van der Waals surface area contributed by atoms with E-state index >= 15 is 0 Å². The number of rotatable bonds is 4. The lowest BCUT2D eigenvalue weighted by atomic mass is 10.1. The summed E-state index contributed by atoms with van der Waals surface area (Å²) in [6.07, 6.45) is 12.2. The summed E-state index contributed by atoms with van der Waals surface area (Å²) in [5, 5.41) is 8.07. The van der Waals surface area contributed by atoms with Crippen LogP contribution in [0.5, 0.6) is 0 Å². The number of benzene rings is 1. The summed E-state index contributed by atoms with van der Waals surface area (Å²) in [4.78, 5) is 0. The van der Waals surface area contributed by atoms with Crippen molar-refractivity contribution in [2.45, 2.75) is 46.0 Å². The molecular weight excluding hydrogens is 288 g/mol. The van der Waals surface area contributed by atoms with Crippen LogP contribution in [-0.4, -0.2) is 23.2 Å². The van der Waals surface area contributed by atoms with Gasteiger partial charge >= 0.3 is 0 Å². The normalized spacial score (nSPS) is 13.6. The minimum atomic E-state index is 0.344. The molecule has 0 radical (unpaired) electrons. The lowest BCUT2D eigenvalue weighted by molar-refractivity contribution is 0.287. The Labute approximate surface area is 141 Å². The zero-order valence-corrected chi connectivity index (χ0v) is 15.1. The fraction of sp³-hybridized carbons (Fsp3) is 0.500. The first kappa shape index (κ1) is 21.0. The number of aliphatic hydroxyl groups excluding tert-OH is 1. The van der Waals surface area contributed by atoms with Crippen LogP contribution in [0.1, 0.15) is 50.2 Å². The molecule has 22 heavy (non-hydrogen) atoms. The van der Waals surface area contributed by atoms with Crippen molar-refractivity contribution < 1.29 is 5.11 Å². The first-order chi connectivity index (χ1) is 10.8. The Morgan fingerprint density at radius 2 is 1.86 bits per heavy atom. The van der Waals surface area contributed by atoms with Crippen LogP contribution in [0.3, 0.4) is 0 Å². The van der Waals surface area contributed by atoms with E-state index in [9.17, 15) is 0 Å². The van der Waals surface area contributed by atoms with Gasteiger partial charge in [0.15, 0.2) is 0 Å². The molecule has 124 valence electrons. The number of thioether (sulfide) groups is 1. The van der Waals surface area contributed by atoms with Gasteiger partial charge in [-0.15, -0.1) is 0 Å². The molecule has 1 aliphatic heterocycles. The second kappa shape index (κ2) is 16.4. The van der Waals surface area contributed by atoms with Crippen molar-refractivity contribution in [2.75, 3.05) is 18.1 Å². The SMILES string of the molecule is C1CCSCC1.C=C/C=C\c1ccccc1C.CCCCO. The molecule has 0 atom stereocenters. The van der Waals surface area contributed by atoms with Gasteiger partial charge in [0.25, 0.3) is 0 Å². The highest BCUT2D eigenvalue weighted by Crippen LogP contribution is 2.14. The smallest absolute Gasteiger partial charge is 0.0430 e. The average Bonchev–Trinajstić information content (AvgIpc) is 2.58. The Hall–Kier alpha value is -0.990. The number of allylic oxidation sites excluding steroid dienone is 2. The third-order valence-electron chi connectivity index (χ3n) is 3.19. The summed E-state index contributed by atoms with van der Waals surface area (Å²) >= 11 is 2.09. The van der Waals surface area contributed by atoms with Gasteiger partial charge in [-0.2, -0.15) is 11.8 Å². The van der Waals surface area contributed by atoms with E-state index in [1.165, 1.54) is 41.9 Å². The van der Waals surface area contributed by atoms with E-state index in [-0.39, 0.29) is 0 Å². The maximum absolute atomic E-state index is 8.07. The molecule has 0 saturated carbocycles. The Bertz CT molecular complexity index is 381. The van der Waals surface area contributed by atoms with Crippen LogP contribution in [-0.2, 0) is 0 Å². The van der Waals surface area contributed by atoms with Crippen molar-refractivity contribution in [3.8, 4) is 0 Å². The van der Waals surface area contributed by atoms with E-state index in [0.29, 0.717) is 6.61 Å². The molecule has 0 spiro atoms. The Balaban J connectivity index is 0.000000338. The summed E-state index contributed by atoms with van der Waals surface area (Å²) in [5.41, 5.74) is 2.55. The maximum atomic E-state index is 8.07. The number of unbranched alkanes of at least 4 members (excludes halogenated alkanes) is 1. The van der Waals surface area contributed by atoms with Crippen molar-refractivity contribution in [1.82, 2.24) is 0 Å². The number of aryl methyl sites for hydroxylation is 1. The van der Waals surface area contributed by atoms with Crippen molar-refractivity contribution >= 4 is 17.8 Å². The highest BCUT2D eigenvalue weighted by atomic mass is 32.2. The average molecular weight is 321 g/mol. The van der Waals surface area contributed by atoms with Gasteiger partial charge in [0.05, 0.1) is 0 Å². The summed E-state index contributed by atoms with van der Waals surface area (Å²) in [6.45, 7) is 8.11. The summed E-state index contributed by atoms with van der Waals surface area (Å²) < 4.78 is 0. The van der Waals surface area contributed by atoms with Crippen LogP contribution in [0.15, 0.2) is 43.0 Å². The van der Waals surface area contributed by atoms with E-state index in [2.05, 4.69) is 50.4 Å². The fourth-order valence-electron chi connectivity index (χ4n) is 1.79. The lowest BCUT2D eigenvalue weighted by Crippen LogP contribution is -1.91. The van der Waals surface area contributed by atoms with Gasteiger partial charge in [-0.3, -0.25) is 0 Å². The minimum Gasteiger partial charge on any atom is -0.396 e. The summed E-state index contributed by atoms with van der Waals surface area (Å²) in [5.74, 6) is 2.83. The molecule has 1 N–H and O–H groups in total. The van der Waals surface area contributed by atoms with Crippen LogP contribution in [0, 0.1) is 6.92 Å². The molecule has 2 rings (SSSR count). The number of hydrogen-bond donors (Lipinski definition) is 1. The molecule has 1 heterocycles. The molecule has 1 fully saturated rings. The van der Waals surface area contributed by atoms with Gasteiger partial charge < -0.3 is 5.11 Å². The largest absolute Gasteiger partial charge is 0.396 e. The second-order valence-corrected chi connectivity index (χ2v) is 6.43. The van der Waals surface area contributed by atoms with Crippen molar-refractivity contribution in [2.24, 2.45) is 0 Å². The van der Waals surface area contributed by atoms with Crippen LogP contribution in [0.2, 0.25) is 0 Å². The van der Waals surface area contributed by atoms with E-state index < -0.39 is 0 Å². The number of aliphatic hydroxyl groups is 1. The second-order valence-electron chi connectivity index (χ2n) is 5.20. The molecule has 0 unspecified atom stereocenters. The number of hydrogen-bond acceptors (Lipinski definition) is 2. The summed E-state index contributed by atoms with van der Waals surface area (Å²) in [6, 6.07) is 8.27. The topological polar surface area (TPSA) is 20.2 Å². The molecule has 1 aliphatic rings. The van der Waals surface area contributed by atoms with E-state index in [4.69, 9.17) is 5.11 Å². The highest BCUT2D eigenvalue weighted by Gasteiger charge is 1.95. The van der Waals surface area contributed by atoms with Crippen molar-refractivity contribution in [3.05, 3.63) is 54.1 Å². The Morgan fingerprint density at radius 1 is 1.18 bits per heavy atom. The van der Waals surface area contributed by atoms with Crippen molar-refractivity contribution in [1.29, 1.82) is 0 Å². The zero-order chi connectivity index (χ0) is 16.5. The predicted octanol–water partition coefficient (Wildman–Crippen LogP) is 5.88. The standard InChI is InChI=1S/C11H12.C5H10S.C4H10O/c1-3-4-8-11-9-6-5-7-10(11)2;1-2-4-6-5-3-1;1-2-3-4-5/h3-9H,1H2,2H3;1-5H2;5H,2-4H2,1H3/b8-4-;;. The minimum absolute atomic E-state index is 0.344. The Morgan fingerprint density at radius 3 is 2.23 bits per heavy atom. The van der Waals surface area contributed by atoms with Crippen LogP contribution < -0.4 is 0 Å². The van der Waals surface area contributed by atoms with Crippen molar-refractivity contribution in [3.63, 3.8) is 0 Å². The molecule has 0 aliphatic carbocycles. The van der Waals surface area contributed by atoms with Crippen LogP contribution >= 0.6 is 11.8 Å². The van der Waals surface area contributed by atoms with Gasteiger partial charge in [0.2, 0.25) is 0 Å².